The summed E-state index contributed by atoms with van der Waals surface area (Å²) in [5.74, 6) is 0.381. The van der Waals surface area contributed by atoms with Crippen molar-refractivity contribution in [2.24, 2.45) is 0 Å². The van der Waals surface area contributed by atoms with Gasteiger partial charge < -0.3 is 10.1 Å². The SMILES string of the molecule is Cc1ccc(CNC(=O)C(C)n2cc[n+](CC(OCc3ccc(C)c(C)c3)c3ccccc3C(C)C)c2)cc1. The van der Waals surface area contributed by atoms with Gasteiger partial charge in [0.2, 0.25) is 6.33 Å². The summed E-state index contributed by atoms with van der Waals surface area (Å²) < 4.78 is 10.7. The lowest BCUT2D eigenvalue weighted by Crippen LogP contribution is -2.37. The molecular weight excluding hydrogens is 482 g/mol. The van der Waals surface area contributed by atoms with Crippen LogP contribution in [0.1, 0.15) is 77.8 Å². The molecule has 1 amide bonds. The van der Waals surface area contributed by atoms with Crippen LogP contribution in [-0.2, 0) is 29.2 Å². The molecule has 2 unspecified atom stereocenters. The average Bonchev–Trinajstić information content (AvgIpc) is 3.40. The zero-order valence-electron chi connectivity index (χ0n) is 24.1. The lowest BCUT2D eigenvalue weighted by molar-refractivity contribution is -0.705. The third kappa shape index (κ3) is 7.45. The number of aromatic nitrogens is 2. The molecule has 0 aliphatic rings. The van der Waals surface area contributed by atoms with Gasteiger partial charge in [0.25, 0.3) is 5.91 Å². The quantitative estimate of drug-likeness (QED) is 0.223. The number of ether oxygens (including phenoxy) is 1. The van der Waals surface area contributed by atoms with Crippen molar-refractivity contribution in [1.29, 1.82) is 0 Å². The fourth-order valence-corrected chi connectivity index (χ4v) is 4.78. The molecule has 0 radical (unpaired) electrons. The van der Waals surface area contributed by atoms with Gasteiger partial charge in [0.15, 0.2) is 6.04 Å². The highest BCUT2D eigenvalue weighted by Crippen LogP contribution is 2.28. The molecule has 4 rings (SSSR count). The second kappa shape index (κ2) is 12.9. The predicted molar refractivity (Wildman–Crippen MR) is 156 cm³/mol. The number of rotatable bonds is 11. The highest BCUT2D eigenvalue weighted by atomic mass is 16.5. The predicted octanol–water partition coefficient (Wildman–Crippen LogP) is 6.66. The number of nitrogens with zero attached hydrogens (tertiary/aromatic N) is 2. The van der Waals surface area contributed by atoms with Crippen LogP contribution in [0.2, 0.25) is 0 Å². The Morgan fingerprint density at radius 3 is 2.28 bits per heavy atom. The normalized spacial score (nSPS) is 12.9. The van der Waals surface area contributed by atoms with E-state index in [-0.39, 0.29) is 18.1 Å². The molecule has 3 aromatic carbocycles. The van der Waals surface area contributed by atoms with Gasteiger partial charge in [-0.25, -0.2) is 9.13 Å². The monoisotopic (exact) mass is 524 g/mol. The molecule has 0 aliphatic carbocycles. The molecule has 0 saturated heterocycles. The van der Waals surface area contributed by atoms with Crippen LogP contribution in [0.25, 0.3) is 0 Å². The third-order valence-corrected chi connectivity index (χ3v) is 7.49. The summed E-state index contributed by atoms with van der Waals surface area (Å²) >= 11 is 0. The fourth-order valence-electron chi connectivity index (χ4n) is 4.78. The Balaban J connectivity index is 1.48. The van der Waals surface area contributed by atoms with Crippen LogP contribution in [0.15, 0.2) is 85.5 Å². The molecule has 0 saturated carbocycles. The van der Waals surface area contributed by atoms with Crippen molar-refractivity contribution in [2.75, 3.05) is 0 Å². The average molecular weight is 525 g/mol. The van der Waals surface area contributed by atoms with Gasteiger partial charge >= 0.3 is 0 Å². The van der Waals surface area contributed by atoms with E-state index < -0.39 is 0 Å². The van der Waals surface area contributed by atoms with Gasteiger partial charge in [-0.05, 0) is 67.0 Å². The Bertz CT molecular complexity index is 1390. The molecule has 1 aromatic heterocycles. The van der Waals surface area contributed by atoms with Gasteiger partial charge in [-0.2, -0.15) is 0 Å². The highest BCUT2D eigenvalue weighted by Gasteiger charge is 2.24. The number of nitrogens with one attached hydrogen (secondary N) is 1. The van der Waals surface area contributed by atoms with Crippen molar-refractivity contribution in [3.8, 4) is 0 Å². The number of carbonyl (C=O) groups excluding carboxylic acids is 1. The second-order valence-corrected chi connectivity index (χ2v) is 10.9. The molecule has 2 atom stereocenters. The van der Waals surface area contributed by atoms with Gasteiger partial charge in [-0.3, -0.25) is 4.79 Å². The van der Waals surface area contributed by atoms with Crippen molar-refractivity contribution < 1.29 is 14.1 Å². The molecule has 4 aromatic rings. The number of hydrogen-bond donors (Lipinski definition) is 1. The van der Waals surface area contributed by atoms with Crippen LogP contribution >= 0.6 is 0 Å². The van der Waals surface area contributed by atoms with Crippen LogP contribution in [0.3, 0.4) is 0 Å². The van der Waals surface area contributed by atoms with E-state index in [1.54, 1.807) is 0 Å². The lowest BCUT2D eigenvalue weighted by Gasteiger charge is -2.22. The maximum Gasteiger partial charge on any atom is 0.265 e. The number of aryl methyl sites for hydroxylation is 3. The van der Waals surface area contributed by atoms with E-state index in [2.05, 4.69) is 111 Å². The first-order valence-electron chi connectivity index (χ1n) is 13.9. The van der Waals surface area contributed by atoms with E-state index >= 15 is 0 Å². The lowest BCUT2D eigenvalue weighted by atomic mass is 9.94. The summed E-state index contributed by atoms with van der Waals surface area (Å²) in [5, 5.41) is 3.07. The first-order chi connectivity index (χ1) is 18.7. The first-order valence-corrected chi connectivity index (χ1v) is 13.9. The maximum absolute atomic E-state index is 12.9. The second-order valence-electron chi connectivity index (χ2n) is 10.9. The molecule has 1 N–H and O–H groups in total. The Hall–Kier alpha value is -3.70. The summed E-state index contributed by atoms with van der Waals surface area (Å²) in [6, 6.07) is 23.0. The van der Waals surface area contributed by atoms with E-state index in [9.17, 15) is 4.79 Å². The standard InChI is InChI=1S/C34H41N3O2/c1-24(2)31-9-7-8-10-32(31)33(39-22-30-16-13-26(4)27(5)19-30)21-36-17-18-37(23-36)28(6)34(38)35-20-29-14-11-25(3)12-15-29/h7-19,23-24,28,33H,20-22H2,1-6H3/p+1. The highest BCUT2D eigenvalue weighted by molar-refractivity contribution is 5.79. The Labute approximate surface area is 233 Å². The number of imidazole rings is 1. The molecule has 39 heavy (non-hydrogen) atoms. The number of hydrogen-bond acceptors (Lipinski definition) is 2. The van der Waals surface area contributed by atoms with E-state index in [1.165, 1.54) is 33.4 Å². The van der Waals surface area contributed by atoms with Crippen LogP contribution in [0, 0.1) is 20.8 Å². The minimum atomic E-state index is -0.324. The summed E-state index contributed by atoms with van der Waals surface area (Å²) in [5.41, 5.74) is 8.54. The number of carbonyl (C=O) groups is 1. The summed E-state index contributed by atoms with van der Waals surface area (Å²) in [4.78, 5) is 12.9. The first kappa shape index (κ1) is 28.3. The zero-order chi connectivity index (χ0) is 27.9. The number of benzene rings is 3. The van der Waals surface area contributed by atoms with Gasteiger partial charge in [-0.15, -0.1) is 0 Å². The Morgan fingerprint density at radius 2 is 1.59 bits per heavy atom. The van der Waals surface area contributed by atoms with Crippen molar-refractivity contribution in [3.63, 3.8) is 0 Å². The van der Waals surface area contributed by atoms with Crippen LogP contribution in [0.5, 0.6) is 0 Å². The van der Waals surface area contributed by atoms with Gasteiger partial charge in [0.1, 0.15) is 25.0 Å². The van der Waals surface area contributed by atoms with Crippen LogP contribution < -0.4 is 9.88 Å². The minimum absolute atomic E-state index is 0.00832. The molecule has 5 nitrogen and oxygen atoms in total. The van der Waals surface area contributed by atoms with Crippen LogP contribution in [0.4, 0.5) is 0 Å². The summed E-state index contributed by atoms with van der Waals surface area (Å²) in [6.45, 7) is 14.4. The summed E-state index contributed by atoms with van der Waals surface area (Å²) in [7, 11) is 0. The topological polar surface area (TPSA) is 47.1 Å². The molecule has 0 fully saturated rings. The van der Waals surface area contributed by atoms with E-state index in [1.807, 2.05) is 30.2 Å². The van der Waals surface area contributed by atoms with Crippen molar-refractivity contribution in [3.05, 3.63) is 124 Å². The van der Waals surface area contributed by atoms with E-state index in [0.717, 1.165) is 5.56 Å². The van der Waals surface area contributed by atoms with Crippen molar-refractivity contribution in [1.82, 2.24) is 9.88 Å². The zero-order valence-corrected chi connectivity index (χ0v) is 24.1. The Morgan fingerprint density at radius 1 is 0.897 bits per heavy atom. The third-order valence-electron chi connectivity index (χ3n) is 7.49. The van der Waals surface area contributed by atoms with E-state index in [4.69, 9.17) is 4.74 Å². The summed E-state index contributed by atoms with van der Waals surface area (Å²) in [6.07, 6.45) is 5.86. The smallest absolute Gasteiger partial charge is 0.265 e. The minimum Gasteiger partial charge on any atom is -0.365 e. The molecule has 0 aliphatic heterocycles. The number of amides is 1. The molecular formula is C34H42N3O2+. The Kier molecular flexibility index (Phi) is 9.36. The van der Waals surface area contributed by atoms with Crippen molar-refractivity contribution >= 4 is 5.91 Å². The van der Waals surface area contributed by atoms with Gasteiger partial charge in [0, 0.05) is 6.54 Å². The van der Waals surface area contributed by atoms with E-state index in [0.29, 0.717) is 25.6 Å². The van der Waals surface area contributed by atoms with Gasteiger partial charge in [-0.1, -0.05) is 86.1 Å². The largest absolute Gasteiger partial charge is 0.365 e. The molecule has 5 heteroatoms. The maximum atomic E-state index is 12.9. The molecule has 204 valence electrons. The van der Waals surface area contributed by atoms with Crippen molar-refractivity contribution in [2.45, 2.75) is 79.3 Å². The molecule has 0 bridgehead atoms. The molecule has 1 heterocycles. The molecule has 0 spiro atoms. The van der Waals surface area contributed by atoms with Gasteiger partial charge in [0.05, 0.1) is 6.61 Å². The van der Waals surface area contributed by atoms with Crippen LogP contribution in [-0.4, -0.2) is 10.5 Å². The fraction of sp³-hybridized carbons (Fsp3) is 0.353.